The van der Waals surface area contributed by atoms with E-state index in [4.69, 9.17) is 9.47 Å². The Bertz CT molecular complexity index is 1070. The number of ether oxygens (including phenoxy) is 2. The van der Waals surface area contributed by atoms with Crippen molar-refractivity contribution in [3.63, 3.8) is 0 Å². The van der Waals surface area contributed by atoms with Gasteiger partial charge in [0.15, 0.2) is 17.2 Å². The molecule has 0 aliphatic heterocycles. The number of hydrogen-bond acceptors (Lipinski definition) is 4. The standard InChI is InChI=1S/C21H15BrO3S/c1-24-15-10-11-16-19(12-15)26-21(13-6-8-14(22)9-7-13)20(16)25-18-5-3-2-4-17(18)23/h2-12,23H,1H3. The number of phenolic OH excluding ortho intramolecular Hbond substituents is 1. The third-order valence-corrected chi connectivity index (χ3v) is 5.75. The normalized spacial score (nSPS) is 10.8. The first kappa shape index (κ1) is 16.9. The molecule has 3 nitrogen and oxygen atoms in total. The average molecular weight is 427 g/mol. The van der Waals surface area contributed by atoms with Gasteiger partial charge in [0.1, 0.15) is 5.75 Å². The molecule has 0 spiro atoms. The molecule has 130 valence electrons. The fraction of sp³-hybridized carbons (Fsp3) is 0.0476. The molecule has 1 N–H and O–H groups in total. The van der Waals surface area contributed by atoms with Crippen LogP contribution in [0, 0.1) is 0 Å². The number of thiophene rings is 1. The van der Waals surface area contributed by atoms with Crippen molar-refractivity contribution in [3.8, 4) is 33.4 Å². The zero-order chi connectivity index (χ0) is 18.1. The van der Waals surface area contributed by atoms with Crippen LogP contribution in [0.3, 0.4) is 0 Å². The molecular formula is C21H15BrO3S. The highest BCUT2D eigenvalue weighted by Gasteiger charge is 2.18. The zero-order valence-electron chi connectivity index (χ0n) is 13.9. The predicted molar refractivity (Wildman–Crippen MR) is 110 cm³/mol. The molecule has 0 aliphatic rings. The van der Waals surface area contributed by atoms with Crippen LogP contribution in [0.5, 0.6) is 23.0 Å². The van der Waals surface area contributed by atoms with E-state index in [1.54, 1.807) is 36.6 Å². The Balaban J connectivity index is 1.91. The van der Waals surface area contributed by atoms with Crippen LogP contribution in [-0.4, -0.2) is 12.2 Å². The predicted octanol–water partition coefficient (Wildman–Crippen LogP) is 6.84. The summed E-state index contributed by atoms with van der Waals surface area (Å²) >= 11 is 5.11. The lowest BCUT2D eigenvalue weighted by atomic mass is 10.1. The Hall–Kier alpha value is -2.50. The molecule has 0 saturated carbocycles. The highest BCUT2D eigenvalue weighted by Crippen LogP contribution is 2.48. The second-order valence-corrected chi connectivity index (χ2v) is 7.67. The second kappa shape index (κ2) is 7.02. The number of benzene rings is 3. The van der Waals surface area contributed by atoms with Gasteiger partial charge < -0.3 is 14.6 Å². The van der Waals surface area contributed by atoms with Gasteiger partial charge in [-0.05, 0) is 48.0 Å². The number of aromatic hydroxyl groups is 1. The van der Waals surface area contributed by atoms with Crippen LogP contribution in [0.1, 0.15) is 0 Å². The Kier molecular flexibility index (Phi) is 4.57. The first-order valence-corrected chi connectivity index (χ1v) is 9.59. The fourth-order valence-electron chi connectivity index (χ4n) is 2.73. The number of rotatable bonds is 4. The van der Waals surface area contributed by atoms with Crippen molar-refractivity contribution >= 4 is 37.4 Å². The Morgan fingerprint density at radius 1 is 0.962 bits per heavy atom. The number of hydrogen-bond donors (Lipinski definition) is 1. The summed E-state index contributed by atoms with van der Waals surface area (Å²) < 4.78 is 13.6. The van der Waals surface area contributed by atoms with Crippen LogP contribution < -0.4 is 9.47 Å². The van der Waals surface area contributed by atoms with E-state index < -0.39 is 0 Å². The largest absolute Gasteiger partial charge is 0.504 e. The van der Waals surface area contributed by atoms with Crippen molar-refractivity contribution in [3.05, 3.63) is 71.2 Å². The number of para-hydroxylation sites is 2. The Morgan fingerprint density at radius 2 is 1.73 bits per heavy atom. The molecule has 0 aliphatic carbocycles. The molecular weight excluding hydrogens is 412 g/mol. The first-order chi connectivity index (χ1) is 12.7. The van der Waals surface area contributed by atoms with Crippen molar-refractivity contribution in [1.82, 2.24) is 0 Å². The van der Waals surface area contributed by atoms with Crippen LogP contribution >= 0.6 is 27.3 Å². The number of phenols is 1. The SMILES string of the molecule is COc1ccc2c(Oc3ccccc3O)c(-c3ccc(Br)cc3)sc2c1. The molecule has 4 aromatic rings. The summed E-state index contributed by atoms with van der Waals surface area (Å²) in [6, 6.07) is 21.0. The minimum atomic E-state index is 0.113. The molecule has 0 radical (unpaired) electrons. The summed E-state index contributed by atoms with van der Waals surface area (Å²) in [5, 5.41) is 11.1. The summed E-state index contributed by atoms with van der Waals surface area (Å²) in [5.74, 6) is 2.08. The molecule has 3 aromatic carbocycles. The molecule has 0 fully saturated rings. The summed E-state index contributed by atoms with van der Waals surface area (Å²) in [7, 11) is 1.66. The van der Waals surface area contributed by atoms with Crippen molar-refractivity contribution < 1.29 is 14.6 Å². The van der Waals surface area contributed by atoms with Gasteiger partial charge in [0.05, 0.1) is 12.0 Å². The maximum atomic E-state index is 10.1. The summed E-state index contributed by atoms with van der Waals surface area (Å²) in [4.78, 5) is 1.00. The summed E-state index contributed by atoms with van der Waals surface area (Å²) in [6.07, 6.45) is 0. The fourth-order valence-corrected chi connectivity index (χ4v) is 4.15. The number of halogens is 1. The minimum absolute atomic E-state index is 0.113. The lowest BCUT2D eigenvalue weighted by Crippen LogP contribution is -1.86. The van der Waals surface area contributed by atoms with Gasteiger partial charge in [-0.2, -0.15) is 0 Å². The van der Waals surface area contributed by atoms with E-state index >= 15 is 0 Å². The Morgan fingerprint density at radius 3 is 2.46 bits per heavy atom. The van der Waals surface area contributed by atoms with Gasteiger partial charge >= 0.3 is 0 Å². The van der Waals surface area contributed by atoms with Crippen molar-refractivity contribution in [2.24, 2.45) is 0 Å². The van der Waals surface area contributed by atoms with E-state index in [-0.39, 0.29) is 5.75 Å². The smallest absolute Gasteiger partial charge is 0.169 e. The van der Waals surface area contributed by atoms with Gasteiger partial charge in [0, 0.05) is 14.6 Å². The van der Waals surface area contributed by atoms with Gasteiger partial charge in [-0.25, -0.2) is 0 Å². The average Bonchev–Trinajstić information content (AvgIpc) is 3.01. The van der Waals surface area contributed by atoms with E-state index in [9.17, 15) is 5.11 Å². The van der Waals surface area contributed by atoms with Crippen LogP contribution in [-0.2, 0) is 0 Å². The van der Waals surface area contributed by atoms with Gasteiger partial charge in [0.25, 0.3) is 0 Å². The lowest BCUT2D eigenvalue weighted by Gasteiger charge is -2.09. The number of methoxy groups -OCH3 is 1. The third kappa shape index (κ3) is 3.16. The monoisotopic (exact) mass is 426 g/mol. The molecule has 0 saturated heterocycles. The molecule has 1 aromatic heterocycles. The maximum absolute atomic E-state index is 10.1. The molecule has 0 amide bonds. The molecule has 5 heteroatoms. The summed E-state index contributed by atoms with van der Waals surface area (Å²) in [6.45, 7) is 0. The van der Waals surface area contributed by atoms with Gasteiger partial charge in [0.2, 0.25) is 0 Å². The van der Waals surface area contributed by atoms with Crippen molar-refractivity contribution in [1.29, 1.82) is 0 Å². The first-order valence-electron chi connectivity index (χ1n) is 7.98. The van der Waals surface area contributed by atoms with Crippen molar-refractivity contribution in [2.45, 2.75) is 0 Å². The minimum Gasteiger partial charge on any atom is -0.504 e. The van der Waals surface area contributed by atoms with E-state index in [1.807, 2.05) is 48.5 Å². The van der Waals surface area contributed by atoms with E-state index in [0.717, 1.165) is 36.5 Å². The quantitative estimate of drug-likeness (QED) is 0.388. The molecule has 0 atom stereocenters. The van der Waals surface area contributed by atoms with Gasteiger partial charge in [-0.15, -0.1) is 11.3 Å². The van der Waals surface area contributed by atoms with Crippen LogP contribution in [0.25, 0.3) is 20.5 Å². The topological polar surface area (TPSA) is 38.7 Å². The highest BCUT2D eigenvalue weighted by molar-refractivity contribution is 9.10. The molecule has 26 heavy (non-hydrogen) atoms. The molecule has 4 rings (SSSR count). The van der Waals surface area contributed by atoms with E-state index in [1.165, 1.54) is 0 Å². The molecule has 0 unspecified atom stereocenters. The maximum Gasteiger partial charge on any atom is 0.169 e. The highest BCUT2D eigenvalue weighted by atomic mass is 79.9. The Labute approximate surface area is 163 Å². The molecule has 1 heterocycles. The molecule has 0 bridgehead atoms. The van der Waals surface area contributed by atoms with Crippen molar-refractivity contribution in [2.75, 3.05) is 7.11 Å². The van der Waals surface area contributed by atoms with Crippen LogP contribution in [0.2, 0.25) is 0 Å². The van der Waals surface area contributed by atoms with Crippen LogP contribution in [0.4, 0.5) is 0 Å². The van der Waals surface area contributed by atoms with Crippen LogP contribution in [0.15, 0.2) is 71.2 Å². The summed E-state index contributed by atoms with van der Waals surface area (Å²) in [5.41, 5.74) is 1.05. The number of fused-ring (bicyclic) bond motifs is 1. The van der Waals surface area contributed by atoms with E-state index in [2.05, 4.69) is 15.9 Å². The van der Waals surface area contributed by atoms with Gasteiger partial charge in [-0.1, -0.05) is 40.2 Å². The third-order valence-electron chi connectivity index (χ3n) is 4.04. The second-order valence-electron chi connectivity index (χ2n) is 5.70. The van der Waals surface area contributed by atoms with Gasteiger partial charge in [-0.3, -0.25) is 0 Å². The van der Waals surface area contributed by atoms with E-state index in [0.29, 0.717) is 5.75 Å². The zero-order valence-corrected chi connectivity index (χ0v) is 16.3. The lowest BCUT2D eigenvalue weighted by molar-refractivity contribution is 0.413.